The molecule has 0 bridgehead atoms. The summed E-state index contributed by atoms with van der Waals surface area (Å²) >= 11 is 3.59. The van der Waals surface area contributed by atoms with Crippen molar-refractivity contribution in [3.05, 3.63) is 46.2 Å². The quantitative estimate of drug-likeness (QED) is 0.603. The molecule has 1 aromatic heterocycles. The summed E-state index contributed by atoms with van der Waals surface area (Å²) in [5.74, 6) is 0. The maximum atomic E-state index is 2.27. The molecule has 0 amide bonds. The highest BCUT2D eigenvalue weighted by Crippen LogP contribution is 2.23. The molecular formula is C12H12S2. The Bertz CT molecular complexity index is 444. The van der Waals surface area contributed by atoms with Crippen molar-refractivity contribution in [2.45, 2.75) is 13.8 Å². The second-order valence-electron chi connectivity index (χ2n) is 3.28. The maximum absolute atomic E-state index is 2.27. The summed E-state index contributed by atoms with van der Waals surface area (Å²) in [6, 6.07) is 8.70. The summed E-state index contributed by atoms with van der Waals surface area (Å²) in [7, 11) is 0. The number of hydrogen-bond donors (Lipinski definition) is 0. The molecule has 2 rings (SSSR count). The molecule has 0 radical (unpaired) electrons. The molecule has 1 aromatic carbocycles. The largest absolute Gasteiger partial charge is 0.143 e. The van der Waals surface area contributed by atoms with Gasteiger partial charge in [-0.3, -0.25) is 0 Å². The molecule has 0 atom stereocenters. The number of benzene rings is 1. The van der Waals surface area contributed by atoms with Gasteiger partial charge in [0.05, 0.1) is 0 Å². The summed E-state index contributed by atoms with van der Waals surface area (Å²) in [4.78, 5) is 0. The summed E-state index contributed by atoms with van der Waals surface area (Å²) in [5.41, 5.74) is 2.74. The van der Waals surface area contributed by atoms with Crippen molar-refractivity contribution in [2.75, 3.05) is 0 Å². The van der Waals surface area contributed by atoms with Gasteiger partial charge in [-0.1, -0.05) is 12.1 Å². The van der Waals surface area contributed by atoms with Crippen LogP contribution in [-0.2, 0) is 0 Å². The number of hydrogen-bond acceptors (Lipinski definition) is 2. The molecule has 2 aromatic rings. The minimum atomic E-state index is 1.36. The molecule has 0 saturated carbocycles. The van der Waals surface area contributed by atoms with Gasteiger partial charge in [0.2, 0.25) is 0 Å². The second kappa shape index (κ2) is 4.11. The van der Waals surface area contributed by atoms with E-state index in [-0.39, 0.29) is 0 Å². The van der Waals surface area contributed by atoms with E-state index in [4.69, 9.17) is 0 Å². The van der Waals surface area contributed by atoms with E-state index < -0.39 is 0 Å². The standard InChI is InChI=1S/C12H12S2/c1-9-7-11-12(8-10(9)2)14-6-4-3-5-13-11/h3-8H,1-2H3. The summed E-state index contributed by atoms with van der Waals surface area (Å²) in [6.07, 6.45) is 0. The molecule has 0 nitrogen and oxygen atoms in total. The Balaban J connectivity index is 2.84. The van der Waals surface area contributed by atoms with Gasteiger partial charge in [-0.05, 0) is 47.9 Å². The number of fused-ring (bicyclic) bond motifs is 1. The van der Waals surface area contributed by atoms with Crippen LogP contribution in [0.15, 0.2) is 35.0 Å². The van der Waals surface area contributed by atoms with Gasteiger partial charge >= 0.3 is 0 Å². The van der Waals surface area contributed by atoms with E-state index in [9.17, 15) is 0 Å². The van der Waals surface area contributed by atoms with Crippen LogP contribution in [0.4, 0.5) is 0 Å². The highest BCUT2D eigenvalue weighted by Gasteiger charge is 1.95. The fraction of sp³-hybridized carbons (Fsp3) is 0.167. The van der Waals surface area contributed by atoms with Crippen molar-refractivity contribution in [2.24, 2.45) is 0 Å². The third-order valence-corrected chi connectivity index (χ3v) is 4.12. The Labute approximate surface area is 92.2 Å². The smallest absolute Gasteiger partial charge is 0.0445 e. The molecule has 0 aliphatic rings. The van der Waals surface area contributed by atoms with Crippen LogP contribution in [0, 0.1) is 13.8 Å². The number of rotatable bonds is 0. The van der Waals surface area contributed by atoms with Crippen LogP contribution in [-0.4, -0.2) is 0 Å². The van der Waals surface area contributed by atoms with Crippen LogP contribution >= 0.6 is 22.7 Å². The molecule has 0 aliphatic heterocycles. The lowest BCUT2D eigenvalue weighted by atomic mass is 10.1. The lowest BCUT2D eigenvalue weighted by Gasteiger charge is -2.00. The molecule has 14 heavy (non-hydrogen) atoms. The van der Waals surface area contributed by atoms with Crippen LogP contribution < -0.4 is 0 Å². The highest BCUT2D eigenvalue weighted by molar-refractivity contribution is 7.23. The Morgan fingerprint density at radius 2 is 1.21 bits per heavy atom. The Kier molecular flexibility index (Phi) is 2.85. The molecular weight excluding hydrogens is 208 g/mol. The Morgan fingerprint density at radius 1 is 0.786 bits per heavy atom. The van der Waals surface area contributed by atoms with Crippen molar-refractivity contribution in [1.29, 1.82) is 0 Å². The van der Waals surface area contributed by atoms with E-state index in [1.165, 1.54) is 20.5 Å². The predicted octanol–water partition coefficient (Wildman–Crippen LogP) is 4.70. The molecule has 0 fully saturated rings. The van der Waals surface area contributed by atoms with Crippen molar-refractivity contribution in [1.82, 2.24) is 0 Å². The van der Waals surface area contributed by atoms with Gasteiger partial charge in [-0.15, -0.1) is 22.7 Å². The van der Waals surface area contributed by atoms with Gasteiger partial charge in [0, 0.05) is 9.40 Å². The normalized spacial score (nSPS) is 10.1. The first kappa shape index (κ1) is 9.69. The van der Waals surface area contributed by atoms with Crippen LogP contribution in [0.25, 0.3) is 9.40 Å². The van der Waals surface area contributed by atoms with Crippen molar-refractivity contribution < 1.29 is 0 Å². The molecule has 72 valence electrons. The molecule has 0 saturated heterocycles. The first-order valence-electron chi connectivity index (χ1n) is 4.53. The molecule has 0 unspecified atom stereocenters. The zero-order chi connectivity index (χ0) is 9.97. The van der Waals surface area contributed by atoms with E-state index in [1.54, 1.807) is 22.7 Å². The van der Waals surface area contributed by atoms with E-state index in [2.05, 4.69) is 48.9 Å². The Hall–Kier alpha value is -0.860. The molecule has 2 heteroatoms. The summed E-state index contributed by atoms with van der Waals surface area (Å²) < 4.78 is 2.72. The lowest BCUT2D eigenvalue weighted by molar-refractivity contribution is 1.37. The van der Waals surface area contributed by atoms with E-state index >= 15 is 0 Å². The topological polar surface area (TPSA) is 0 Å². The van der Waals surface area contributed by atoms with Gasteiger partial charge in [-0.25, -0.2) is 0 Å². The van der Waals surface area contributed by atoms with Crippen LogP contribution in [0.5, 0.6) is 0 Å². The number of aryl methyl sites for hydroxylation is 2. The fourth-order valence-corrected chi connectivity index (χ4v) is 3.02. The molecule has 0 aliphatic carbocycles. The van der Waals surface area contributed by atoms with Gasteiger partial charge in [-0.2, -0.15) is 0 Å². The average Bonchev–Trinajstić information content (AvgIpc) is 2.13. The Morgan fingerprint density at radius 3 is 1.64 bits per heavy atom. The van der Waals surface area contributed by atoms with Gasteiger partial charge < -0.3 is 0 Å². The minimum absolute atomic E-state index is 1.36. The van der Waals surface area contributed by atoms with Crippen LogP contribution in [0.1, 0.15) is 11.1 Å². The zero-order valence-corrected chi connectivity index (χ0v) is 9.91. The second-order valence-corrected chi connectivity index (χ2v) is 5.17. The third-order valence-electron chi connectivity index (χ3n) is 2.22. The molecule has 0 spiro atoms. The summed E-state index contributed by atoms with van der Waals surface area (Å²) in [5, 5.41) is 4.26. The van der Waals surface area contributed by atoms with Gasteiger partial charge in [0.25, 0.3) is 0 Å². The van der Waals surface area contributed by atoms with E-state index in [1.807, 2.05) is 0 Å². The van der Waals surface area contributed by atoms with Crippen LogP contribution in [0.3, 0.4) is 0 Å². The highest BCUT2D eigenvalue weighted by atomic mass is 32.1. The molecule has 0 N–H and O–H groups in total. The minimum Gasteiger partial charge on any atom is -0.143 e. The van der Waals surface area contributed by atoms with Crippen molar-refractivity contribution >= 4 is 32.1 Å². The first-order valence-corrected chi connectivity index (χ1v) is 6.29. The van der Waals surface area contributed by atoms with E-state index in [0.717, 1.165) is 0 Å². The zero-order valence-electron chi connectivity index (χ0n) is 8.28. The van der Waals surface area contributed by atoms with Crippen molar-refractivity contribution in [3.63, 3.8) is 0 Å². The lowest BCUT2D eigenvalue weighted by Crippen LogP contribution is -1.77. The molecule has 1 heterocycles. The average molecular weight is 220 g/mol. The van der Waals surface area contributed by atoms with Crippen molar-refractivity contribution in [3.8, 4) is 0 Å². The van der Waals surface area contributed by atoms with Gasteiger partial charge in [0.1, 0.15) is 0 Å². The maximum Gasteiger partial charge on any atom is 0.0445 e. The third kappa shape index (κ3) is 1.97. The predicted molar refractivity (Wildman–Crippen MR) is 66.8 cm³/mol. The summed E-state index contributed by atoms with van der Waals surface area (Å²) in [6.45, 7) is 4.33. The van der Waals surface area contributed by atoms with Crippen LogP contribution in [0.2, 0.25) is 0 Å². The van der Waals surface area contributed by atoms with Gasteiger partial charge in [0.15, 0.2) is 0 Å². The SMILES string of the molecule is Cc1cc2sccccsc2cc1C. The fourth-order valence-electron chi connectivity index (χ4n) is 1.26. The monoisotopic (exact) mass is 220 g/mol. The first-order chi connectivity index (χ1) is 6.77. The van der Waals surface area contributed by atoms with E-state index in [0.29, 0.717) is 0 Å².